The second-order valence-electron chi connectivity index (χ2n) is 6.96. The van der Waals surface area contributed by atoms with Crippen LogP contribution in [0.5, 0.6) is 0 Å². The van der Waals surface area contributed by atoms with Crippen LogP contribution in [0, 0.1) is 5.92 Å². The molecule has 0 spiro atoms. The van der Waals surface area contributed by atoms with Gasteiger partial charge in [0, 0.05) is 0 Å². The number of anilines is 1. The van der Waals surface area contributed by atoms with Crippen molar-refractivity contribution in [2.45, 2.75) is 20.0 Å². The van der Waals surface area contributed by atoms with Gasteiger partial charge in [0.1, 0.15) is 0 Å². The number of ether oxygens (including phenoxy) is 1. The summed E-state index contributed by atoms with van der Waals surface area (Å²) in [4.78, 5) is 61.4. The summed E-state index contributed by atoms with van der Waals surface area (Å²) < 4.78 is 5.21. The fourth-order valence-electron chi connectivity index (χ4n) is 3.04. The lowest BCUT2D eigenvalue weighted by Gasteiger charge is -2.20. The van der Waals surface area contributed by atoms with Gasteiger partial charge in [-0.1, -0.05) is 26.0 Å². The molecule has 30 heavy (non-hydrogen) atoms. The molecule has 1 aliphatic rings. The Balaban J connectivity index is 1.76. The number of benzene rings is 2. The van der Waals surface area contributed by atoms with Crippen LogP contribution in [0.4, 0.5) is 10.5 Å². The van der Waals surface area contributed by atoms with Crippen LogP contribution in [0.1, 0.15) is 44.9 Å². The summed E-state index contributed by atoms with van der Waals surface area (Å²) in [5.41, 5.74) is 5.96. The molecule has 1 atom stereocenters. The molecule has 1 aliphatic heterocycles. The van der Waals surface area contributed by atoms with E-state index in [1.54, 1.807) is 38.1 Å². The first kappa shape index (κ1) is 20.7. The second kappa shape index (κ2) is 8.16. The molecule has 2 aromatic rings. The van der Waals surface area contributed by atoms with E-state index in [1.165, 1.54) is 24.3 Å². The summed E-state index contributed by atoms with van der Waals surface area (Å²) in [6, 6.07) is 11.1. The predicted molar refractivity (Wildman–Crippen MR) is 106 cm³/mol. The van der Waals surface area contributed by atoms with Crippen molar-refractivity contribution in [1.29, 1.82) is 0 Å². The monoisotopic (exact) mass is 409 g/mol. The smallest absolute Gasteiger partial charge is 0.338 e. The number of nitrogens with two attached hydrogens (primary N) is 1. The lowest BCUT2D eigenvalue weighted by Crippen LogP contribution is -2.45. The van der Waals surface area contributed by atoms with Crippen LogP contribution in [-0.2, 0) is 9.53 Å². The van der Waals surface area contributed by atoms with Crippen molar-refractivity contribution in [3.63, 3.8) is 0 Å². The van der Waals surface area contributed by atoms with E-state index in [1.807, 2.05) is 5.32 Å². The molecular formula is C21H19N3O6. The third kappa shape index (κ3) is 3.90. The number of urea groups is 1. The molecule has 3 N–H and O–H groups in total. The van der Waals surface area contributed by atoms with Crippen LogP contribution in [0.15, 0.2) is 48.5 Å². The van der Waals surface area contributed by atoms with Gasteiger partial charge in [-0.15, -0.1) is 0 Å². The van der Waals surface area contributed by atoms with Gasteiger partial charge in [0.05, 0.1) is 22.4 Å². The van der Waals surface area contributed by atoms with Crippen LogP contribution in [0.3, 0.4) is 0 Å². The average molecular weight is 409 g/mol. The quantitative estimate of drug-likeness (QED) is 0.571. The molecule has 0 saturated carbocycles. The first-order valence-corrected chi connectivity index (χ1v) is 9.10. The zero-order chi connectivity index (χ0) is 22.0. The Morgan fingerprint density at radius 3 is 1.93 bits per heavy atom. The molecule has 9 nitrogen and oxygen atoms in total. The lowest BCUT2D eigenvalue weighted by molar-refractivity contribution is -0.130. The van der Waals surface area contributed by atoms with Gasteiger partial charge in [-0.3, -0.25) is 19.7 Å². The maximum absolute atomic E-state index is 12.5. The number of carbonyl (C=O) groups is 5. The Hall–Kier alpha value is -4.01. The van der Waals surface area contributed by atoms with E-state index in [0.717, 1.165) is 4.90 Å². The third-order valence-electron chi connectivity index (χ3n) is 4.50. The van der Waals surface area contributed by atoms with Gasteiger partial charge in [-0.05, 0) is 42.3 Å². The van der Waals surface area contributed by atoms with Crippen LogP contribution < -0.4 is 16.0 Å². The standard InChI is InChI=1S/C21H19N3O6/c1-11(2)16(17(25)23-21(22)29)30-20(28)12-7-9-13(10-8-12)24-18(26)14-5-3-4-6-15(14)19(24)27/h3-11,16H,1-2H3,(H3,22,23,25,29)/t16-/m1/s1. The van der Waals surface area contributed by atoms with Crippen molar-refractivity contribution >= 4 is 35.4 Å². The Kier molecular flexibility index (Phi) is 5.63. The Bertz CT molecular complexity index is 1010. The minimum absolute atomic E-state index is 0.105. The minimum atomic E-state index is -1.22. The van der Waals surface area contributed by atoms with Crippen molar-refractivity contribution in [2.24, 2.45) is 11.7 Å². The lowest BCUT2D eigenvalue weighted by atomic mass is 10.1. The van der Waals surface area contributed by atoms with E-state index < -0.39 is 41.7 Å². The van der Waals surface area contributed by atoms with Crippen molar-refractivity contribution in [2.75, 3.05) is 4.90 Å². The molecule has 3 rings (SSSR count). The van der Waals surface area contributed by atoms with Gasteiger partial charge in [-0.25, -0.2) is 14.5 Å². The minimum Gasteiger partial charge on any atom is -0.448 e. The van der Waals surface area contributed by atoms with Gasteiger partial charge in [0.15, 0.2) is 6.10 Å². The molecular weight excluding hydrogens is 390 g/mol. The van der Waals surface area contributed by atoms with E-state index in [9.17, 15) is 24.0 Å². The molecule has 0 aliphatic carbocycles. The van der Waals surface area contributed by atoms with Crippen molar-refractivity contribution < 1.29 is 28.7 Å². The van der Waals surface area contributed by atoms with E-state index in [-0.39, 0.29) is 5.56 Å². The summed E-state index contributed by atoms with van der Waals surface area (Å²) in [5.74, 6) is -2.94. The predicted octanol–water partition coefficient (Wildman–Crippen LogP) is 1.86. The number of esters is 1. The number of carbonyl (C=O) groups excluding carboxylic acids is 5. The summed E-state index contributed by atoms with van der Waals surface area (Å²) in [5, 5.41) is 1.89. The summed E-state index contributed by atoms with van der Waals surface area (Å²) in [6.07, 6.45) is -1.22. The third-order valence-corrected chi connectivity index (χ3v) is 4.50. The van der Waals surface area contributed by atoms with E-state index in [0.29, 0.717) is 16.8 Å². The first-order chi connectivity index (χ1) is 14.2. The van der Waals surface area contributed by atoms with E-state index in [4.69, 9.17) is 10.5 Å². The van der Waals surface area contributed by atoms with Crippen molar-refractivity contribution in [3.05, 3.63) is 65.2 Å². The molecule has 154 valence electrons. The van der Waals surface area contributed by atoms with E-state index >= 15 is 0 Å². The number of hydrogen-bond donors (Lipinski definition) is 2. The zero-order valence-corrected chi connectivity index (χ0v) is 16.2. The normalized spacial score (nSPS) is 13.8. The number of nitrogens with one attached hydrogen (secondary N) is 1. The number of rotatable bonds is 5. The maximum atomic E-state index is 12.5. The highest BCUT2D eigenvalue weighted by molar-refractivity contribution is 6.34. The molecule has 0 unspecified atom stereocenters. The summed E-state index contributed by atoms with van der Waals surface area (Å²) in [7, 11) is 0. The molecule has 0 fully saturated rings. The Morgan fingerprint density at radius 2 is 1.47 bits per heavy atom. The highest BCUT2D eigenvalue weighted by atomic mass is 16.5. The number of primary amides is 1. The van der Waals surface area contributed by atoms with Gasteiger partial charge in [0.25, 0.3) is 17.7 Å². The summed E-state index contributed by atoms with van der Waals surface area (Å²) >= 11 is 0. The molecule has 2 aromatic carbocycles. The zero-order valence-electron chi connectivity index (χ0n) is 16.2. The maximum Gasteiger partial charge on any atom is 0.338 e. The average Bonchev–Trinajstić information content (AvgIpc) is 2.96. The Labute approximate surface area is 171 Å². The van der Waals surface area contributed by atoms with Gasteiger partial charge in [-0.2, -0.15) is 0 Å². The molecule has 0 bridgehead atoms. The van der Waals surface area contributed by atoms with Crippen molar-refractivity contribution in [1.82, 2.24) is 5.32 Å². The number of nitrogens with zero attached hydrogens (tertiary/aromatic N) is 1. The van der Waals surface area contributed by atoms with Gasteiger partial charge in [0.2, 0.25) is 0 Å². The number of fused-ring (bicyclic) bond motifs is 1. The molecule has 0 aromatic heterocycles. The fraction of sp³-hybridized carbons (Fsp3) is 0.190. The van der Waals surface area contributed by atoms with E-state index in [2.05, 4.69) is 0 Å². The highest BCUT2D eigenvalue weighted by Gasteiger charge is 2.36. The number of hydrogen-bond acceptors (Lipinski definition) is 6. The Morgan fingerprint density at radius 1 is 0.933 bits per heavy atom. The largest absolute Gasteiger partial charge is 0.448 e. The molecule has 9 heteroatoms. The molecule has 5 amide bonds. The van der Waals surface area contributed by atoms with Crippen molar-refractivity contribution in [3.8, 4) is 0 Å². The number of amides is 5. The first-order valence-electron chi connectivity index (χ1n) is 9.10. The van der Waals surface area contributed by atoms with Crippen LogP contribution in [-0.4, -0.2) is 35.8 Å². The SMILES string of the molecule is CC(C)[C@@H](OC(=O)c1ccc(N2C(=O)c3ccccc3C2=O)cc1)C(=O)NC(N)=O. The molecule has 0 saturated heterocycles. The topological polar surface area (TPSA) is 136 Å². The second-order valence-corrected chi connectivity index (χ2v) is 6.96. The number of imide groups is 2. The molecule has 0 radical (unpaired) electrons. The summed E-state index contributed by atoms with van der Waals surface area (Å²) in [6.45, 7) is 3.29. The van der Waals surface area contributed by atoms with Gasteiger partial charge < -0.3 is 10.5 Å². The molecule has 1 heterocycles. The van der Waals surface area contributed by atoms with Crippen LogP contribution in [0.2, 0.25) is 0 Å². The van der Waals surface area contributed by atoms with Crippen LogP contribution in [0.25, 0.3) is 0 Å². The van der Waals surface area contributed by atoms with Crippen LogP contribution >= 0.6 is 0 Å². The highest BCUT2D eigenvalue weighted by Crippen LogP contribution is 2.28. The van der Waals surface area contributed by atoms with Gasteiger partial charge >= 0.3 is 12.0 Å². The fourth-order valence-corrected chi connectivity index (χ4v) is 3.04.